The van der Waals surface area contributed by atoms with Crippen molar-refractivity contribution >= 4 is 28.2 Å². The summed E-state index contributed by atoms with van der Waals surface area (Å²) in [5.74, 6) is 0.367. The summed E-state index contributed by atoms with van der Waals surface area (Å²) < 4.78 is 0. The molecule has 3 heteroatoms. The van der Waals surface area contributed by atoms with E-state index in [1.54, 1.807) is 0 Å². The molecular weight excluding hydrogens is 232 g/mol. The van der Waals surface area contributed by atoms with E-state index in [0.29, 0.717) is 10.9 Å². The molecule has 2 N–H and O–H groups in total. The number of hydrogen-bond donors (Lipinski definition) is 1. The maximum absolute atomic E-state index is 6.26. The average Bonchev–Trinajstić information content (AvgIpc) is 2.19. The van der Waals surface area contributed by atoms with Crippen molar-refractivity contribution in [3.8, 4) is 0 Å². The lowest BCUT2D eigenvalue weighted by Crippen LogP contribution is -2.04. The fraction of sp³-hybridized carbons (Fsp3) is 0.357. The topological polar surface area (TPSA) is 38.9 Å². The largest absolute Gasteiger partial charge is 0.398 e. The molecule has 2 nitrogen and oxygen atoms in total. The number of hydrogen-bond acceptors (Lipinski definition) is 2. The molecule has 0 amide bonds. The van der Waals surface area contributed by atoms with Gasteiger partial charge in [-0.1, -0.05) is 25.4 Å². The molecule has 0 radical (unpaired) electrons. The summed E-state index contributed by atoms with van der Waals surface area (Å²) in [6.07, 6.45) is 0. The molecule has 0 spiro atoms. The first-order valence-corrected chi connectivity index (χ1v) is 6.15. The van der Waals surface area contributed by atoms with Gasteiger partial charge in [0.1, 0.15) is 0 Å². The zero-order chi connectivity index (χ0) is 12.7. The Morgan fingerprint density at radius 1 is 1.24 bits per heavy atom. The van der Waals surface area contributed by atoms with Crippen LogP contribution in [0.15, 0.2) is 12.1 Å². The Bertz CT molecular complexity index is 589. The Hall–Kier alpha value is -1.28. The SMILES string of the molecule is Cc1nc2c(C)cc(Cl)cc2c(N)c1C(C)C. The fourth-order valence-electron chi connectivity index (χ4n) is 2.39. The van der Waals surface area contributed by atoms with E-state index < -0.39 is 0 Å². The summed E-state index contributed by atoms with van der Waals surface area (Å²) in [7, 11) is 0. The number of rotatable bonds is 1. The van der Waals surface area contributed by atoms with E-state index in [4.69, 9.17) is 17.3 Å². The van der Waals surface area contributed by atoms with E-state index in [1.807, 2.05) is 26.0 Å². The Morgan fingerprint density at radius 2 is 1.88 bits per heavy atom. The van der Waals surface area contributed by atoms with Gasteiger partial charge in [0, 0.05) is 21.8 Å². The van der Waals surface area contributed by atoms with Crippen molar-refractivity contribution in [1.29, 1.82) is 0 Å². The van der Waals surface area contributed by atoms with Crippen LogP contribution in [0.3, 0.4) is 0 Å². The van der Waals surface area contributed by atoms with Crippen LogP contribution in [0.1, 0.15) is 36.6 Å². The molecule has 0 aliphatic heterocycles. The first-order chi connectivity index (χ1) is 7.91. The van der Waals surface area contributed by atoms with Gasteiger partial charge in [0.2, 0.25) is 0 Å². The fourth-order valence-corrected chi connectivity index (χ4v) is 2.66. The van der Waals surface area contributed by atoms with Crippen LogP contribution in [-0.2, 0) is 0 Å². The van der Waals surface area contributed by atoms with Crippen molar-refractivity contribution in [3.05, 3.63) is 34.0 Å². The van der Waals surface area contributed by atoms with Gasteiger partial charge in [-0.05, 0) is 43.0 Å². The monoisotopic (exact) mass is 248 g/mol. The number of nitrogens with two attached hydrogens (primary N) is 1. The Balaban J connectivity index is 2.92. The molecule has 1 aromatic heterocycles. The number of nitrogen functional groups attached to an aromatic ring is 1. The zero-order valence-corrected chi connectivity index (χ0v) is 11.4. The first-order valence-electron chi connectivity index (χ1n) is 5.77. The van der Waals surface area contributed by atoms with Crippen LogP contribution in [0, 0.1) is 13.8 Å². The number of benzene rings is 1. The van der Waals surface area contributed by atoms with Crippen LogP contribution in [0.5, 0.6) is 0 Å². The smallest absolute Gasteiger partial charge is 0.0756 e. The highest BCUT2D eigenvalue weighted by Crippen LogP contribution is 2.33. The highest BCUT2D eigenvalue weighted by Gasteiger charge is 2.14. The van der Waals surface area contributed by atoms with E-state index in [1.165, 1.54) is 0 Å². The molecule has 0 unspecified atom stereocenters. The summed E-state index contributed by atoms with van der Waals surface area (Å²) in [5.41, 5.74) is 11.2. The summed E-state index contributed by atoms with van der Waals surface area (Å²) in [5, 5.41) is 1.67. The molecule has 1 heterocycles. The van der Waals surface area contributed by atoms with Crippen molar-refractivity contribution in [1.82, 2.24) is 4.98 Å². The Labute approximate surface area is 107 Å². The van der Waals surface area contributed by atoms with Crippen LogP contribution in [-0.4, -0.2) is 4.98 Å². The van der Waals surface area contributed by atoms with Crippen molar-refractivity contribution in [2.45, 2.75) is 33.6 Å². The average molecular weight is 249 g/mol. The number of nitrogens with zero attached hydrogens (tertiary/aromatic N) is 1. The van der Waals surface area contributed by atoms with E-state index in [9.17, 15) is 0 Å². The molecule has 90 valence electrons. The number of aryl methyl sites for hydroxylation is 2. The predicted octanol–water partition coefficient (Wildman–Crippen LogP) is 4.21. The third kappa shape index (κ3) is 1.98. The van der Waals surface area contributed by atoms with Gasteiger partial charge in [-0.3, -0.25) is 4.98 Å². The standard InChI is InChI=1S/C14H17ClN2/c1-7(2)12-9(4)17-14-8(3)5-10(15)6-11(14)13(12)16/h5-7H,1-4H3,(H2,16,17). The normalized spacial score (nSPS) is 11.4. The minimum atomic E-state index is 0.367. The van der Waals surface area contributed by atoms with Gasteiger partial charge in [-0.25, -0.2) is 0 Å². The van der Waals surface area contributed by atoms with Crippen LogP contribution in [0.25, 0.3) is 10.9 Å². The van der Waals surface area contributed by atoms with Gasteiger partial charge in [0.05, 0.1) is 5.52 Å². The molecular formula is C14H17ClN2. The lowest BCUT2D eigenvalue weighted by atomic mass is 9.96. The highest BCUT2D eigenvalue weighted by molar-refractivity contribution is 6.31. The van der Waals surface area contributed by atoms with Gasteiger partial charge in [-0.2, -0.15) is 0 Å². The molecule has 17 heavy (non-hydrogen) atoms. The lowest BCUT2D eigenvalue weighted by Gasteiger charge is -2.16. The van der Waals surface area contributed by atoms with Crippen LogP contribution >= 0.6 is 11.6 Å². The maximum Gasteiger partial charge on any atom is 0.0756 e. The molecule has 2 aromatic rings. The van der Waals surface area contributed by atoms with Gasteiger partial charge < -0.3 is 5.73 Å². The van der Waals surface area contributed by atoms with Gasteiger partial charge >= 0.3 is 0 Å². The maximum atomic E-state index is 6.26. The summed E-state index contributed by atoms with van der Waals surface area (Å²) in [4.78, 5) is 4.66. The molecule has 0 aliphatic rings. The van der Waals surface area contributed by atoms with Crippen molar-refractivity contribution in [2.24, 2.45) is 0 Å². The summed E-state index contributed by atoms with van der Waals surface area (Å²) >= 11 is 6.08. The van der Waals surface area contributed by atoms with E-state index in [-0.39, 0.29) is 0 Å². The summed E-state index contributed by atoms with van der Waals surface area (Å²) in [6.45, 7) is 8.28. The number of aromatic nitrogens is 1. The first kappa shape index (κ1) is 12.2. The Morgan fingerprint density at radius 3 is 2.47 bits per heavy atom. The second-order valence-electron chi connectivity index (χ2n) is 4.80. The number of fused-ring (bicyclic) bond motifs is 1. The van der Waals surface area contributed by atoms with E-state index >= 15 is 0 Å². The highest BCUT2D eigenvalue weighted by atomic mass is 35.5. The van der Waals surface area contributed by atoms with E-state index in [2.05, 4.69) is 18.8 Å². The van der Waals surface area contributed by atoms with E-state index in [0.717, 1.165) is 33.4 Å². The molecule has 0 saturated carbocycles. The van der Waals surface area contributed by atoms with Crippen LogP contribution in [0.2, 0.25) is 5.02 Å². The number of halogens is 1. The molecule has 0 saturated heterocycles. The summed E-state index contributed by atoms with van der Waals surface area (Å²) in [6, 6.07) is 3.82. The molecule has 0 aliphatic carbocycles. The molecule has 0 fully saturated rings. The number of anilines is 1. The number of pyridine rings is 1. The lowest BCUT2D eigenvalue weighted by molar-refractivity contribution is 0.851. The predicted molar refractivity (Wildman–Crippen MR) is 74.7 cm³/mol. The van der Waals surface area contributed by atoms with Crippen molar-refractivity contribution in [2.75, 3.05) is 5.73 Å². The van der Waals surface area contributed by atoms with Gasteiger partial charge in [0.25, 0.3) is 0 Å². The minimum Gasteiger partial charge on any atom is -0.398 e. The van der Waals surface area contributed by atoms with Crippen LogP contribution in [0.4, 0.5) is 5.69 Å². The second-order valence-corrected chi connectivity index (χ2v) is 5.23. The van der Waals surface area contributed by atoms with Crippen molar-refractivity contribution in [3.63, 3.8) is 0 Å². The molecule has 1 aromatic carbocycles. The zero-order valence-electron chi connectivity index (χ0n) is 10.6. The van der Waals surface area contributed by atoms with Gasteiger partial charge in [0.15, 0.2) is 0 Å². The van der Waals surface area contributed by atoms with Crippen molar-refractivity contribution < 1.29 is 0 Å². The molecule has 2 rings (SSSR count). The minimum absolute atomic E-state index is 0.367. The van der Waals surface area contributed by atoms with Crippen LogP contribution < -0.4 is 5.73 Å². The van der Waals surface area contributed by atoms with Gasteiger partial charge in [-0.15, -0.1) is 0 Å². The quantitative estimate of drug-likeness (QED) is 0.821. The second kappa shape index (κ2) is 4.19. The molecule has 0 atom stereocenters. The Kier molecular flexibility index (Phi) is 3.00. The third-order valence-corrected chi connectivity index (χ3v) is 3.31. The molecule has 0 bridgehead atoms. The third-order valence-electron chi connectivity index (χ3n) is 3.09.